The number of carbonyl (C=O) groups excluding carboxylic acids is 4. The van der Waals surface area contributed by atoms with E-state index in [1.54, 1.807) is 17.5 Å². The number of hydrogen-bond donors (Lipinski definition) is 1. The Hall–Kier alpha value is -3.00. The summed E-state index contributed by atoms with van der Waals surface area (Å²) in [5.74, 6) is -1.61. The molecule has 0 saturated heterocycles. The summed E-state index contributed by atoms with van der Waals surface area (Å²) in [6, 6.07) is 9.17. The summed E-state index contributed by atoms with van der Waals surface area (Å²) in [5, 5.41) is 4.56. The Bertz CT molecular complexity index is 892. The molecule has 1 heterocycles. The summed E-state index contributed by atoms with van der Waals surface area (Å²) >= 11 is 1.31. The maximum atomic E-state index is 12.2. The first-order chi connectivity index (χ1) is 13.8. The number of carbonyl (C=O) groups is 4. The van der Waals surface area contributed by atoms with Gasteiger partial charge < -0.3 is 15.0 Å². The number of ketones is 1. The van der Waals surface area contributed by atoms with Gasteiger partial charge in [-0.05, 0) is 42.5 Å². The van der Waals surface area contributed by atoms with Crippen molar-refractivity contribution in [2.24, 2.45) is 0 Å². The van der Waals surface area contributed by atoms with Gasteiger partial charge in [-0.15, -0.1) is 11.3 Å². The number of anilines is 1. The van der Waals surface area contributed by atoms with E-state index in [-0.39, 0.29) is 31.1 Å². The van der Waals surface area contributed by atoms with Gasteiger partial charge in [0.15, 0.2) is 12.4 Å². The second kappa shape index (κ2) is 10.5. The molecule has 1 N–H and O–H groups in total. The molecule has 0 unspecified atom stereocenters. The number of thiophene rings is 1. The quantitative estimate of drug-likeness (QED) is 0.501. The minimum atomic E-state index is -0.628. The van der Waals surface area contributed by atoms with Crippen LogP contribution in [0.1, 0.15) is 33.6 Å². The molecule has 1 aromatic carbocycles. The van der Waals surface area contributed by atoms with Gasteiger partial charge in [-0.3, -0.25) is 19.2 Å². The van der Waals surface area contributed by atoms with Crippen molar-refractivity contribution in [1.29, 1.82) is 0 Å². The second-order valence-corrected chi connectivity index (χ2v) is 7.63. The highest BCUT2D eigenvalue weighted by molar-refractivity contribution is 7.12. The van der Waals surface area contributed by atoms with E-state index in [0.717, 1.165) is 11.1 Å². The Kier molecular flexibility index (Phi) is 8.09. The van der Waals surface area contributed by atoms with Crippen LogP contribution in [-0.4, -0.2) is 48.7 Å². The van der Waals surface area contributed by atoms with Crippen molar-refractivity contribution in [2.45, 2.75) is 26.7 Å². The molecule has 0 atom stereocenters. The minimum absolute atomic E-state index is 0.0294. The largest absolute Gasteiger partial charge is 0.456 e. The lowest BCUT2D eigenvalue weighted by Gasteiger charge is -2.17. The zero-order valence-corrected chi connectivity index (χ0v) is 17.5. The first kappa shape index (κ1) is 22.3. The Balaban J connectivity index is 1.72. The number of Topliss-reactive ketones (excluding diaryl/α,β-unsaturated/α-hetero) is 1. The third kappa shape index (κ3) is 7.15. The zero-order chi connectivity index (χ0) is 21.4. The van der Waals surface area contributed by atoms with Gasteiger partial charge in [0.05, 0.1) is 17.8 Å². The molecule has 2 aromatic rings. The van der Waals surface area contributed by atoms with Gasteiger partial charge in [0, 0.05) is 19.2 Å². The number of esters is 1. The molecular formula is C21H24N2O5S. The van der Waals surface area contributed by atoms with Crippen LogP contribution in [0.25, 0.3) is 0 Å². The Morgan fingerprint density at radius 2 is 1.86 bits per heavy atom. The van der Waals surface area contributed by atoms with E-state index >= 15 is 0 Å². The fourth-order valence-corrected chi connectivity index (χ4v) is 3.16. The third-order valence-corrected chi connectivity index (χ3v) is 5.09. The van der Waals surface area contributed by atoms with Crippen LogP contribution >= 0.6 is 11.3 Å². The van der Waals surface area contributed by atoms with Crippen LogP contribution in [0.15, 0.2) is 35.7 Å². The standard InChI is InChI=1S/C21H24N2O5S/c1-14-6-7-15(2)16(11-14)22-19(25)12-23(3)20(26)13-28-21(27)9-8-17(24)18-5-4-10-29-18/h4-7,10-11H,8-9,12-13H2,1-3H3,(H,22,25). The molecule has 0 spiro atoms. The van der Waals surface area contributed by atoms with E-state index < -0.39 is 18.5 Å². The Labute approximate surface area is 173 Å². The lowest BCUT2D eigenvalue weighted by atomic mass is 10.1. The molecule has 1 aromatic heterocycles. The second-order valence-electron chi connectivity index (χ2n) is 6.68. The van der Waals surface area contributed by atoms with Crippen molar-refractivity contribution in [2.75, 3.05) is 25.5 Å². The first-order valence-corrected chi connectivity index (χ1v) is 9.97. The Morgan fingerprint density at radius 3 is 2.55 bits per heavy atom. The molecule has 8 heteroatoms. The fraction of sp³-hybridized carbons (Fsp3) is 0.333. The predicted octanol–water partition coefficient (Wildman–Crippen LogP) is 2.97. The minimum Gasteiger partial charge on any atom is -0.456 e. The maximum Gasteiger partial charge on any atom is 0.306 e. The Morgan fingerprint density at radius 1 is 1.10 bits per heavy atom. The molecule has 0 radical (unpaired) electrons. The smallest absolute Gasteiger partial charge is 0.306 e. The van der Waals surface area contributed by atoms with E-state index in [1.807, 2.05) is 32.0 Å². The highest BCUT2D eigenvalue weighted by Gasteiger charge is 2.17. The average molecular weight is 416 g/mol. The summed E-state index contributed by atoms with van der Waals surface area (Å²) in [4.78, 5) is 49.6. The van der Waals surface area contributed by atoms with Crippen molar-refractivity contribution in [3.63, 3.8) is 0 Å². The molecule has 0 aliphatic rings. The van der Waals surface area contributed by atoms with Crippen LogP contribution in [0, 0.1) is 13.8 Å². The number of benzene rings is 1. The van der Waals surface area contributed by atoms with E-state index in [1.165, 1.54) is 23.3 Å². The maximum absolute atomic E-state index is 12.2. The number of nitrogens with one attached hydrogen (secondary N) is 1. The van der Waals surface area contributed by atoms with Crippen molar-refractivity contribution in [3.05, 3.63) is 51.7 Å². The molecule has 0 aliphatic carbocycles. The monoisotopic (exact) mass is 416 g/mol. The first-order valence-electron chi connectivity index (χ1n) is 9.09. The fourth-order valence-electron chi connectivity index (χ4n) is 2.46. The van der Waals surface area contributed by atoms with Gasteiger partial charge in [0.25, 0.3) is 5.91 Å². The van der Waals surface area contributed by atoms with E-state index in [4.69, 9.17) is 4.74 Å². The molecule has 2 rings (SSSR count). The number of ether oxygens (including phenoxy) is 1. The van der Waals surface area contributed by atoms with Gasteiger partial charge in [0.1, 0.15) is 0 Å². The average Bonchev–Trinajstić information content (AvgIpc) is 3.21. The summed E-state index contributed by atoms with van der Waals surface area (Å²) in [6.45, 7) is 3.17. The molecular weight excluding hydrogens is 392 g/mol. The molecule has 0 fully saturated rings. The van der Waals surface area contributed by atoms with Gasteiger partial charge in [-0.1, -0.05) is 18.2 Å². The SMILES string of the molecule is Cc1ccc(C)c(NC(=O)CN(C)C(=O)COC(=O)CCC(=O)c2cccs2)c1. The highest BCUT2D eigenvalue weighted by atomic mass is 32.1. The molecule has 7 nitrogen and oxygen atoms in total. The number of amides is 2. The van der Waals surface area contributed by atoms with Gasteiger partial charge in [-0.2, -0.15) is 0 Å². The van der Waals surface area contributed by atoms with Gasteiger partial charge >= 0.3 is 5.97 Å². The number of rotatable bonds is 9. The summed E-state index contributed by atoms with van der Waals surface area (Å²) in [7, 11) is 1.46. The molecule has 2 amide bonds. The molecule has 154 valence electrons. The van der Waals surface area contributed by atoms with Crippen molar-refractivity contribution >= 4 is 40.6 Å². The van der Waals surface area contributed by atoms with Crippen molar-refractivity contribution < 1.29 is 23.9 Å². The number of nitrogens with zero attached hydrogens (tertiary/aromatic N) is 1. The molecule has 0 saturated carbocycles. The number of aryl methyl sites for hydroxylation is 2. The molecule has 29 heavy (non-hydrogen) atoms. The van der Waals surface area contributed by atoms with Crippen molar-refractivity contribution in [1.82, 2.24) is 4.90 Å². The molecule has 0 bridgehead atoms. The summed E-state index contributed by atoms with van der Waals surface area (Å²) in [5.41, 5.74) is 2.63. The molecule has 0 aliphatic heterocycles. The third-order valence-electron chi connectivity index (χ3n) is 4.18. The zero-order valence-electron chi connectivity index (χ0n) is 16.7. The van der Waals surface area contributed by atoms with E-state index in [0.29, 0.717) is 10.6 Å². The number of hydrogen-bond acceptors (Lipinski definition) is 6. The van der Waals surface area contributed by atoms with Crippen LogP contribution in [0.2, 0.25) is 0 Å². The van der Waals surface area contributed by atoms with Crippen LogP contribution in [0.5, 0.6) is 0 Å². The summed E-state index contributed by atoms with van der Waals surface area (Å²) < 4.78 is 4.92. The highest BCUT2D eigenvalue weighted by Crippen LogP contribution is 2.16. The van der Waals surface area contributed by atoms with Crippen LogP contribution in [-0.2, 0) is 19.1 Å². The lowest BCUT2D eigenvalue weighted by molar-refractivity contribution is -0.151. The summed E-state index contributed by atoms with van der Waals surface area (Å²) in [6.07, 6.45) is -0.0670. The predicted molar refractivity (Wildman–Crippen MR) is 111 cm³/mol. The van der Waals surface area contributed by atoms with Crippen molar-refractivity contribution in [3.8, 4) is 0 Å². The topological polar surface area (TPSA) is 92.8 Å². The van der Waals surface area contributed by atoms with Crippen LogP contribution in [0.4, 0.5) is 5.69 Å². The van der Waals surface area contributed by atoms with E-state index in [2.05, 4.69) is 5.32 Å². The van der Waals surface area contributed by atoms with Gasteiger partial charge in [-0.25, -0.2) is 0 Å². The van der Waals surface area contributed by atoms with E-state index in [9.17, 15) is 19.2 Å². The van der Waals surface area contributed by atoms with Gasteiger partial charge in [0.2, 0.25) is 5.91 Å². The normalized spacial score (nSPS) is 10.3. The lowest BCUT2D eigenvalue weighted by Crippen LogP contribution is -2.37. The van der Waals surface area contributed by atoms with Crippen LogP contribution < -0.4 is 5.32 Å². The number of likely N-dealkylation sites (N-methyl/N-ethyl adjacent to an activating group) is 1. The van der Waals surface area contributed by atoms with Crippen LogP contribution in [0.3, 0.4) is 0 Å².